The zero-order valence-corrected chi connectivity index (χ0v) is 17.6. The molecule has 1 heterocycles. The van der Waals surface area contributed by atoms with E-state index in [1.807, 2.05) is 36.6 Å². The number of ketones is 1. The molecule has 0 fully saturated rings. The fraction of sp³-hybridized carbons (Fsp3) is 0.391. The van der Waals surface area contributed by atoms with Crippen LogP contribution in [0.15, 0.2) is 35.9 Å². The van der Waals surface area contributed by atoms with Crippen LogP contribution in [0, 0.1) is 5.82 Å². The number of carbonyl (C=O) groups excluding carboxylic acids is 1. The number of aryl methyl sites for hydroxylation is 1. The number of halogens is 2. The number of rotatable bonds is 7. The van der Waals surface area contributed by atoms with Crippen LogP contribution in [0.2, 0.25) is 0 Å². The summed E-state index contributed by atoms with van der Waals surface area (Å²) in [5, 5.41) is 9.95. The number of hydrogen-bond acceptors (Lipinski definition) is 2. The van der Waals surface area contributed by atoms with Crippen molar-refractivity contribution in [2.45, 2.75) is 57.9 Å². The Balaban J connectivity index is 2.25. The molecule has 3 rings (SSSR count). The zero-order valence-electron chi connectivity index (χ0n) is 16.8. The summed E-state index contributed by atoms with van der Waals surface area (Å²) in [5.41, 5.74) is 3.86. The first-order valence-electron chi connectivity index (χ1n) is 9.77. The minimum absolute atomic E-state index is 0.0148. The van der Waals surface area contributed by atoms with E-state index in [1.165, 1.54) is 19.1 Å². The van der Waals surface area contributed by atoms with Crippen LogP contribution in [0.4, 0.5) is 4.39 Å². The summed E-state index contributed by atoms with van der Waals surface area (Å²) < 4.78 is 16.3. The number of alkyl halides is 1. The van der Waals surface area contributed by atoms with E-state index in [0.29, 0.717) is 35.9 Å². The molecule has 1 aromatic carbocycles. The Labute approximate surface area is 174 Å². The van der Waals surface area contributed by atoms with Gasteiger partial charge in [0.1, 0.15) is 5.82 Å². The number of carbonyl (C=O) groups is 2. The van der Waals surface area contributed by atoms with Gasteiger partial charge in [-0.15, -0.1) is 11.6 Å². The van der Waals surface area contributed by atoms with E-state index in [9.17, 15) is 19.1 Å². The van der Waals surface area contributed by atoms with Gasteiger partial charge in [-0.2, -0.15) is 0 Å². The van der Waals surface area contributed by atoms with E-state index < -0.39 is 11.8 Å². The van der Waals surface area contributed by atoms with Crippen molar-refractivity contribution >= 4 is 34.3 Å². The highest BCUT2D eigenvalue weighted by atomic mass is 35.5. The number of aromatic nitrogens is 1. The van der Waals surface area contributed by atoms with E-state index in [0.717, 1.165) is 16.8 Å². The number of aliphatic carboxylic acids is 1. The Hall–Kier alpha value is -2.40. The molecule has 2 atom stereocenters. The first-order chi connectivity index (χ1) is 13.7. The van der Waals surface area contributed by atoms with Crippen LogP contribution in [0.1, 0.15) is 61.1 Å². The zero-order chi connectivity index (χ0) is 21.3. The van der Waals surface area contributed by atoms with Gasteiger partial charge in [0.05, 0.1) is 11.9 Å². The Kier molecular flexibility index (Phi) is 6.27. The number of Topliss-reactive ketones (excluding diaryl/α,β-unsaturated/α-hetero) is 1. The van der Waals surface area contributed by atoms with Crippen LogP contribution in [0.25, 0.3) is 10.9 Å². The summed E-state index contributed by atoms with van der Waals surface area (Å²) >= 11 is 6.04. The monoisotopic (exact) mass is 417 g/mol. The number of fused-ring (bicyclic) bond motifs is 3. The van der Waals surface area contributed by atoms with Gasteiger partial charge in [-0.05, 0) is 56.9 Å². The van der Waals surface area contributed by atoms with E-state index in [-0.39, 0.29) is 23.5 Å². The molecule has 0 amide bonds. The Morgan fingerprint density at radius 1 is 1.41 bits per heavy atom. The second-order valence-corrected chi connectivity index (χ2v) is 8.28. The van der Waals surface area contributed by atoms with Crippen molar-refractivity contribution in [3.8, 4) is 0 Å². The summed E-state index contributed by atoms with van der Waals surface area (Å²) in [5.74, 6) is -1.69. The third kappa shape index (κ3) is 4.30. The molecule has 6 heteroatoms. The van der Waals surface area contributed by atoms with Gasteiger partial charge in [0, 0.05) is 34.5 Å². The van der Waals surface area contributed by atoms with Gasteiger partial charge < -0.3 is 9.67 Å². The lowest BCUT2D eigenvalue weighted by atomic mass is 10.0. The normalized spacial score (nSPS) is 17.8. The molecule has 0 saturated carbocycles. The summed E-state index contributed by atoms with van der Waals surface area (Å²) in [7, 11) is 0. The van der Waals surface area contributed by atoms with Crippen molar-refractivity contribution in [1.29, 1.82) is 0 Å². The van der Waals surface area contributed by atoms with Crippen molar-refractivity contribution in [2.24, 2.45) is 0 Å². The minimum atomic E-state index is -0.861. The second kappa shape index (κ2) is 8.54. The maximum absolute atomic E-state index is 14.3. The van der Waals surface area contributed by atoms with E-state index in [1.54, 1.807) is 0 Å². The second-order valence-electron chi connectivity index (χ2n) is 7.59. The molecule has 0 bridgehead atoms. The number of allylic oxidation sites excluding steroid dienone is 4. The number of carboxylic acid groups (broad SMARTS) is 1. The van der Waals surface area contributed by atoms with Crippen LogP contribution in [-0.2, 0) is 17.8 Å². The number of carboxylic acids is 1. The third-order valence-electron chi connectivity index (χ3n) is 5.49. The Bertz CT molecular complexity index is 1030. The summed E-state index contributed by atoms with van der Waals surface area (Å²) in [6.45, 7) is 5.68. The predicted octanol–water partition coefficient (Wildman–Crippen LogP) is 5.62. The summed E-state index contributed by atoms with van der Waals surface area (Å²) in [6, 6.07) is 2.74. The van der Waals surface area contributed by atoms with Crippen molar-refractivity contribution in [3.63, 3.8) is 0 Å². The molecule has 1 N–H and O–H groups in total. The summed E-state index contributed by atoms with van der Waals surface area (Å²) in [4.78, 5) is 23.7. The molecule has 4 nitrogen and oxygen atoms in total. The van der Waals surface area contributed by atoms with Crippen LogP contribution >= 0.6 is 11.6 Å². The fourth-order valence-corrected chi connectivity index (χ4v) is 4.32. The lowest BCUT2D eigenvalue weighted by molar-refractivity contribution is -0.137. The largest absolute Gasteiger partial charge is 0.481 e. The van der Waals surface area contributed by atoms with Crippen molar-refractivity contribution in [1.82, 2.24) is 4.57 Å². The Morgan fingerprint density at radius 3 is 2.72 bits per heavy atom. The number of hydrogen-bond donors (Lipinski definition) is 1. The maximum atomic E-state index is 14.3. The van der Waals surface area contributed by atoms with Gasteiger partial charge in [0.15, 0.2) is 5.78 Å². The van der Waals surface area contributed by atoms with E-state index in [2.05, 4.69) is 0 Å². The molecule has 2 aromatic rings. The lowest BCUT2D eigenvalue weighted by Gasteiger charge is -2.17. The van der Waals surface area contributed by atoms with Gasteiger partial charge in [0.2, 0.25) is 0 Å². The van der Waals surface area contributed by atoms with Gasteiger partial charge in [-0.1, -0.05) is 18.2 Å². The minimum Gasteiger partial charge on any atom is -0.481 e. The van der Waals surface area contributed by atoms with E-state index in [4.69, 9.17) is 11.6 Å². The molecule has 1 aliphatic rings. The average Bonchev–Trinajstić information content (AvgIpc) is 3.16. The first-order valence-corrected chi connectivity index (χ1v) is 10.2. The van der Waals surface area contributed by atoms with Crippen molar-refractivity contribution in [2.75, 3.05) is 0 Å². The SMILES string of the molecule is C/C=C(\C=C/C(C)Cl)Cn1c2c(c3cc(F)cc(C(C)=O)c31)CC[C@@H]2CC(=O)O. The van der Waals surface area contributed by atoms with E-state index >= 15 is 0 Å². The third-order valence-corrected chi connectivity index (χ3v) is 5.63. The molecular formula is C23H25ClFNO3. The average molecular weight is 418 g/mol. The summed E-state index contributed by atoms with van der Waals surface area (Å²) in [6.07, 6.45) is 7.18. The molecule has 1 unspecified atom stereocenters. The van der Waals surface area contributed by atoms with Gasteiger partial charge in [-0.25, -0.2) is 4.39 Å². The molecule has 1 aliphatic carbocycles. The molecule has 154 valence electrons. The van der Waals surface area contributed by atoms with Crippen LogP contribution in [0.3, 0.4) is 0 Å². The van der Waals surface area contributed by atoms with Gasteiger partial charge in [-0.3, -0.25) is 9.59 Å². The Morgan fingerprint density at radius 2 is 2.14 bits per heavy atom. The topological polar surface area (TPSA) is 59.3 Å². The number of benzene rings is 1. The smallest absolute Gasteiger partial charge is 0.304 e. The van der Waals surface area contributed by atoms with Gasteiger partial charge >= 0.3 is 5.97 Å². The maximum Gasteiger partial charge on any atom is 0.304 e. The van der Waals surface area contributed by atoms with Crippen molar-refractivity contribution in [3.05, 3.63) is 58.6 Å². The standard InChI is InChI=1S/C23H25ClFNO3/c1-4-15(6-5-13(2)24)12-26-22-16(9-21(28)29)7-8-18(22)20-11-17(25)10-19(14(3)27)23(20)26/h4-6,10-11,13,16H,7-9,12H2,1-3H3,(H,28,29)/b6-5-,15-4+/t13?,16-/m1/s1. The van der Waals surface area contributed by atoms with Crippen LogP contribution in [-0.4, -0.2) is 26.8 Å². The molecule has 0 saturated heterocycles. The molecule has 0 aliphatic heterocycles. The first kappa shape index (κ1) is 21.3. The van der Waals surface area contributed by atoms with Crippen LogP contribution < -0.4 is 0 Å². The molecule has 0 radical (unpaired) electrons. The molecule has 1 aromatic heterocycles. The van der Waals surface area contributed by atoms with Crippen LogP contribution in [0.5, 0.6) is 0 Å². The van der Waals surface area contributed by atoms with Gasteiger partial charge in [0.25, 0.3) is 0 Å². The predicted molar refractivity (Wildman–Crippen MR) is 113 cm³/mol. The highest BCUT2D eigenvalue weighted by Gasteiger charge is 2.33. The quantitative estimate of drug-likeness (QED) is 0.361. The van der Waals surface area contributed by atoms with Crippen molar-refractivity contribution < 1.29 is 19.1 Å². The highest BCUT2D eigenvalue weighted by molar-refractivity contribution is 6.21. The molecular weight excluding hydrogens is 393 g/mol. The molecule has 0 spiro atoms. The molecule has 29 heavy (non-hydrogen) atoms. The number of nitrogens with zero attached hydrogens (tertiary/aromatic N) is 1. The lowest BCUT2D eigenvalue weighted by Crippen LogP contribution is -2.12. The fourth-order valence-electron chi connectivity index (χ4n) is 4.25. The highest BCUT2D eigenvalue weighted by Crippen LogP contribution is 2.43.